The Labute approximate surface area is 108 Å². The van der Waals surface area contributed by atoms with Crippen molar-refractivity contribution in [2.24, 2.45) is 0 Å². The Bertz CT molecular complexity index is 453. The van der Waals surface area contributed by atoms with E-state index in [1.54, 1.807) is 0 Å². The van der Waals surface area contributed by atoms with Crippen LogP contribution in [-0.2, 0) is 0 Å². The van der Waals surface area contributed by atoms with Gasteiger partial charge in [0, 0.05) is 10.7 Å². The van der Waals surface area contributed by atoms with E-state index < -0.39 is 24.7 Å². The molecule has 100 valence electrons. The number of nitrogens with two attached hydrogens (primary N) is 1. The average molecular weight is 328 g/mol. The Morgan fingerprint density at radius 2 is 2.22 bits per heavy atom. The number of alkyl halides is 3. The molecule has 0 aliphatic carbocycles. The van der Waals surface area contributed by atoms with Crippen molar-refractivity contribution in [3.63, 3.8) is 0 Å². The molecular formula is C9H9BrF3N3O2. The third-order valence-corrected chi connectivity index (χ3v) is 2.59. The van der Waals surface area contributed by atoms with E-state index in [-0.39, 0.29) is 15.9 Å². The number of hydrogen-bond acceptors (Lipinski definition) is 4. The number of aliphatic hydroxyl groups is 1. The lowest BCUT2D eigenvalue weighted by Gasteiger charge is -2.15. The summed E-state index contributed by atoms with van der Waals surface area (Å²) >= 11 is 3.01. The van der Waals surface area contributed by atoms with Crippen molar-refractivity contribution in [2.75, 3.05) is 12.3 Å². The highest BCUT2D eigenvalue weighted by molar-refractivity contribution is 9.10. The van der Waals surface area contributed by atoms with Crippen LogP contribution in [0.5, 0.6) is 0 Å². The Kier molecular flexibility index (Phi) is 4.52. The van der Waals surface area contributed by atoms with Crippen molar-refractivity contribution in [1.29, 1.82) is 0 Å². The molecule has 1 amide bonds. The van der Waals surface area contributed by atoms with E-state index in [0.717, 1.165) is 0 Å². The molecule has 5 nitrogen and oxygen atoms in total. The number of nitrogens with zero attached hydrogens (tertiary/aromatic N) is 1. The molecule has 18 heavy (non-hydrogen) atoms. The van der Waals surface area contributed by atoms with E-state index in [2.05, 4.69) is 20.9 Å². The van der Waals surface area contributed by atoms with Gasteiger partial charge >= 0.3 is 6.18 Å². The van der Waals surface area contributed by atoms with Crippen LogP contribution in [-0.4, -0.2) is 34.8 Å². The SMILES string of the molecule is Nc1cc(C(=O)NCC(O)C(F)(F)F)c(Br)cn1. The summed E-state index contributed by atoms with van der Waals surface area (Å²) in [6.07, 6.45) is -6.13. The minimum atomic E-state index is -4.78. The summed E-state index contributed by atoms with van der Waals surface area (Å²) in [5.41, 5.74) is 5.39. The first-order valence-electron chi connectivity index (χ1n) is 4.66. The lowest BCUT2D eigenvalue weighted by Crippen LogP contribution is -2.40. The zero-order valence-electron chi connectivity index (χ0n) is 8.83. The first-order chi connectivity index (χ1) is 8.21. The predicted molar refractivity (Wildman–Crippen MR) is 60.7 cm³/mol. The molecule has 0 fully saturated rings. The smallest absolute Gasteiger partial charge is 0.384 e. The molecule has 0 saturated heterocycles. The number of aliphatic hydroxyl groups excluding tert-OH is 1. The molecule has 0 radical (unpaired) electrons. The van der Waals surface area contributed by atoms with Gasteiger partial charge in [0.25, 0.3) is 5.91 Å². The molecule has 1 unspecified atom stereocenters. The molecule has 0 bridgehead atoms. The van der Waals surface area contributed by atoms with Crippen molar-refractivity contribution in [3.05, 3.63) is 22.3 Å². The summed E-state index contributed by atoms with van der Waals surface area (Å²) in [5, 5.41) is 10.7. The maximum absolute atomic E-state index is 12.0. The fourth-order valence-corrected chi connectivity index (χ4v) is 1.43. The minimum Gasteiger partial charge on any atom is -0.384 e. The van der Waals surface area contributed by atoms with Gasteiger partial charge in [-0.25, -0.2) is 4.98 Å². The summed E-state index contributed by atoms with van der Waals surface area (Å²) < 4.78 is 36.3. The molecule has 1 atom stereocenters. The summed E-state index contributed by atoms with van der Waals surface area (Å²) in [4.78, 5) is 15.2. The van der Waals surface area contributed by atoms with Crippen LogP contribution >= 0.6 is 15.9 Å². The van der Waals surface area contributed by atoms with Gasteiger partial charge in [-0.2, -0.15) is 13.2 Å². The number of carbonyl (C=O) groups excluding carboxylic acids is 1. The fourth-order valence-electron chi connectivity index (χ4n) is 1.03. The van der Waals surface area contributed by atoms with Crippen molar-refractivity contribution in [1.82, 2.24) is 10.3 Å². The molecule has 0 aliphatic rings. The number of aromatic nitrogens is 1. The van der Waals surface area contributed by atoms with Crippen molar-refractivity contribution < 1.29 is 23.1 Å². The Morgan fingerprint density at radius 1 is 1.61 bits per heavy atom. The number of pyridine rings is 1. The van der Waals surface area contributed by atoms with E-state index in [9.17, 15) is 18.0 Å². The third kappa shape index (κ3) is 3.84. The van der Waals surface area contributed by atoms with Gasteiger partial charge in [0.05, 0.1) is 12.1 Å². The summed E-state index contributed by atoms with van der Waals surface area (Å²) in [6, 6.07) is 1.21. The predicted octanol–water partition coefficient (Wildman–Crippen LogP) is 1.08. The van der Waals surface area contributed by atoms with Gasteiger partial charge in [0.2, 0.25) is 0 Å². The van der Waals surface area contributed by atoms with Gasteiger partial charge in [-0.3, -0.25) is 4.79 Å². The van der Waals surface area contributed by atoms with Gasteiger partial charge < -0.3 is 16.2 Å². The topological polar surface area (TPSA) is 88.2 Å². The maximum Gasteiger partial charge on any atom is 0.416 e. The molecular weight excluding hydrogens is 319 g/mol. The van der Waals surface area contributed by atoms with Crippen LogP contribution in [0.25, 0.3) is 0 Å². The van der Waals surface area contributed by atoms with Crippen LogP contribution in [0.1, 0.15) is 10.4 Å². The van der Waals surface area contributed by atoms with Crippen LogP contribution in [0.4, 0.5) is 19.0 Å². The number of nitrogen functional groups attached to an aromatic ring is 1. The van der Waals surface area contributed by atoms with Crippen molar-refractivity contribution in [3.8, 4) is 0 Å². The zero-order valence-corrected chi connectivity index (χ0v) is 10.4. The number of anilines is 1. The van der Waals surface area contributed by atoms with Gasteiger partial charge in [0.15, 0.2) is 6.10 Å². The molecule has 0 saturated carbocycles. The van der Waals surface area contributed by atoms with Crippen molar-refractivity contribution in [2.45, 2.75) is 12.3 Å². The lowest BCUT2D eigenvalue weighted by atomic mass is 10.2. The van der Waals surface area contributed by atoms with E-state index >= 15 is 0 Å². The summed E-state index contributed by atoms with van der Waals surface area (Å²) in [6.45, 7) is -0.934. The number of halogens is 4. The third-order valence-electron chi connectivity index (χ3n) is 1.95. The monoisotopic (exact) mass is 327 g/mol. The van der Waals surface area contributed by atoms with E-state index in [1.807, 2.05) is 5.32 Å². The van der Waals surface area contributed by atoms with E-state index in [4.69, 9.17) is 10.8 Å². The second-order valence-electron chi connectivity index (χ2n) is 3.36. The first-order valence-corrected chi connectivity index (χ1v) is 5.45. The minimum absolute atomic E-state index is 0.0388. The number of carbonyl (C=O) groups is 1. The lowest BCUT2D eigenvalue weighted by molar-refractivity contribution is -0.201. The number of rotatable bonds is 3. The second kappa shape index (κ2) is 5.53. The van der Waals surface area contributed by atoms with Crippen LogP contribution in [0.3, 0.4) is 0 Å². The molecule has 1 aromatic rings. The molecule has 9 heteroatoms. The highest BCUT2D eigenvalue weighted by atomic mass is 79.9. The molecule has 4 N–H and O–H groups in total. The molecule has 0 aliphatic heterocycles. The molecule has 0 aromatic carbocycles. The Morgan fingerprint density at radius 3 is 2.78 bits per heavy atom. The van der Waals surface area contributed by atoms with E-state index in [1.165, 1.54) is 12.3 Å². The molecule has 1 heterocycles. The summed E-state index contributed by atoms with van der Waals surface area (Å²) in [7, 11) is 0. The van der Waals surface area contributed by atoms with Crippen LogP contribution in [0, 0.1) is 0 Å². The van der Waals surface area contributed by atoms with Crippen LogP contribution < -0.4 is 11.1 Å². The standard InChI is InChI=1S/C9H9BrF3N3O2/c10-5-2-15-7(14)1-4(5)8(18)16-3-6(17)9(11,12)13/h1-2,6,17H,3H2,(H2,14,15)(H,16,18). The molecule has 0 spiro atoms. The number of nitrogens with one attached hydrogen (secondary N) is 1. The van der Waals surface area contributed by atoms with Crippen molar-refractivity contribution >= 4 is 27.7 Å². The van der Waals surface area contributed by atoms with Gasteiger partial charge in [-0.05, 0) is 22.0 Å². The first kappa shape index (κ1) is 14.7. The average Bonchev–Trinajstić information content (AvgIpc) is 2.27. The number of hydrogen-bond donors (Lipinski definition) is 3. The highest BCUT2D eigenvalue weighted by Crippen LogP contribution is 2.20. The molecule has 1 rings (SSSR count). The maximum atomic E-state index is 12.0. The fraction of sp³-hybridized carbons (Fsp3) is 0.333. The number of amides is 1. The largest absolute Gasteiger partial charge is 0.416 e. The van der Waals surface area contributed by atoms with E-state index in [0.29, 0.717) is 0 Å². The highest BCUT2D eigenvalue weighted by Gasteiger charge is 2.38. The quantitative estimate of drug-likeness (QED) is 0.775. The molecule has 1 aromatic heterocycles. The van der Waals surface area contributed by atoms with Crippen LogP contribution in [0.2, 0.25) is 0 Å². The van der Waals surface area contributed by atoms with Crippen LogP contribution in [0.15, 0.2) is 16.7 Å². The van der Waals surface area contributed by atoms with Gasteiger partial charge in [-0.1, -0.05) is 0 Å². The zero-order chi connectivity index (χ0) is 13.9. The normalized spacial score (nSPS) is 13.2. The van der Waals surface area contributed by atoms with Gasteiger partial charge in [-0.15, -0.1) is 0 Å². The Hall–Kier alpha value is -1.35. The van der Waals surface area contributed by atoms with Gasteiger partial charge in [0.1, 0.15) is 5.82 Å². The Balaban J connectivity index is 2.69. The summed E-state index contributed by atoms with van der Waals surface area (Å²) in [5.74, 6) is -0.737. The second-order valence-corrected chi connectivity index (χ2v) is 4.21.